The summed E-state index contributed by atoms with van der Waals surface area (Å²) in [7, 11) is 0. The summed E-state index contributed by atoms with van der Waals surface area (Å²) in [4.78, 5) is 15.0. The zero-order chi connectivity index (χ0) is 11.7. The van der Waals surface area contributed by atoms with Gasteiger partial charge in [0.2, 0.25) is 0 Å². The van der Waals surface area contributed by atoms with Crippen LogP contribution >= 0.6 is 0 Å². The predicted molar refractivity (Wildman–Crippen MR) is 60.3 cm³/mol. The maximum atomic E-state index is 10.7. The van der Waals surface area contributed by atoms with Crippen LogP contribution < -0.4 is 0 Å². The molecular formula is C12H11N3O2. The fourth-order valence-electron chi connectivity index (χ4n) is 1.71. The highest BCUT2D eigenvalue weighted by Crippen LogP contribution is 2.20. The first-order valence-electron chi connectivity index (χ1n) is 5.42. The van der Waals surface area contributed by atoms with Crippen molar-refractivity contribution in [3.8, 4) is 5.69 Å². The molecule has 0 amide bonds. The number of hydrogen-bond donors (Lipinski definition) is 0. The molecule has 1 aliphatic heterocycles. The number of benzene rings is 1. The first-order valence-corrected chi connectivity index (χ1v) is 5.42. The number of rotatable bonds is 3. The molecule has 0 N–H and O–H groups in total. The normalized spacial score (nSPS) is 15.5. The Hall–Kier alpha value is -2.01. The topological polar surface area (TPSA) is 57.0 Å². The van der Waals surface area contributed by atoms with Crippen molar-refractivity contribution in [2.24, 2.45) is 0 Å². The lowest BCUT2D eigenvalue weighted by molar-refractivity contribution is 0.00490. The Kier molecular flexibility index (Phi) is 2.45. The Balaban J connectivity index is 1.91. The SMILES string of the molecule is O=Cc1cccc(-n2cnc(C3COC3)n2)c1. The van der Waals surface area contributed by atoms with Crippen LogP contribution in [0.25, 0.3) is 5.69 Å². The van der Waals surface area contributed by atoms with E-state index in [1.165, 1.54) is 0 Å². The van der Waals surface area contributed by atoms with Crippen LogP contribution in [0.2, 0.25) is 0 Å². The predicted octanol–water partition coefficient (Wildman–Crippen LogP) is 1.19. The van der Waals surface area contributed by atoms with Crippen molar-refractivity contribution < 1.29 is 9.53 Å². The molecule has 1 aromatic heterocycles. The monoisotopic (exact) mass is 229 g/mol. The second-order valence-corrected chi connectivity index (χ2v) is 3.99. The largest absolute Gasteiger partial charge is 0.380 e. The summed E-state index contributed by atoms with van der Waals surface area (Å²) in [6, 6.07) is 7.26. The third kappa shape index (κ3) is 1.85. The average Bonchev–Trinajstić information content (AvgIpc) is 2.76. The van der Waals surface area contributed by atoms with Gasteiger partial charge >= 0.3 is 0 Å². The minimum absolute atomic E-state index is 0.311. The van der Waals surface area contributed by atoms with Gasteiger partial charge in [-0.05, 0) is 12.1 Å². The van der Waals surface area contributed by atoms with Crippen LogP contribution in [-0.4, -0.2) is 34.3 Å². The van der Waals surface area contributed by atoms with E-state index in [-0.39, 0.29) is 0 Å². The van der Waals surface area contributed by atoms with E-state index in [1.54, 1.807) is 23.1 Å². The van der Waals surface area contributed by atoms with Crippen LogP contribution in [0.1, 0.15) is 22.1 Å². The molecule has 5 nitrogen and oxygen atoms in total. The van der Waals surface area contributed by atoms with Gasteiger partial charge in [0.05, 0.1) is 24.8 Å². The smallest absolute Gasteiger partial charge is 0.158 e. The van der Waals surface area contributed by atoms with Crippen LogP contribution in [0.15, 0.2) is 30.6 Å². The van der Waals surface area contributed by atoms with Gasteiger partial charge in [-0.2, -0.15) is 5.10 Å². The van der Waals surface area contributed by atoms with Gasteiger partial charge in [-0.25, -0.2) is 9.67 Å². The quantitative estimate of drug-likeness (QED) is 0.742. The minimum Gasteiger partial charge on any atom is -0.380 e. The van der Waals surface area contributed by atoms with Crippen molar-refractivity contribution in [1.29, 1.82) is 0 Å². The highest BCUT2D eigenvalue weighted by Gasteiger charge is 2.24. The first-order chi connectivity index (χ1) is 8.36. The molecule has 0 aliphatic carbocycles. The van der Waals surface area contributed by atoms with Crippen molar-refractivity contribution in [2.45, 2.75) is 5.92 Å². The molecule has 0 radical (unpaired) electrons. The molecule has 1 aliphatic rings. The van der Waals surface area contributed by atoms with Crippen molar-refractivity contribution >= 4 is 6.29 Å². The van der Waals surface area contributed by atoms with Crippen LogP contribution in [0.3, 0.4) is 0 Å². The second-order valence-electron chi connectivity index (χ2n) is 3.99. The Morgan fingerprint density at radius 3 is 3.00 bits per heavy atom. The molecule has 1 aromatic carbocycles. The molecule has 0 spiro atoms. The van der Waals surface area contributed by atoms with Crippen molar-refractivity contribution in [1.82, 2.24) is 14.8 Å². The molecule has 3 rings (SSSR count). The van der Waals surface area contributed by atoms with Gasteiger partial charge in [-0.15, -0.1) is 0 Å². The van der Waals surface area contributed by atoms with E-state index in [2.05, 4.69) is 10.1 Å². The molecule has 5 heteroatoms. The lowest BCUT2D eigenvalue weighted by Crippen LogP contribution is -2.26. The van der Waals surface area contributed by atoms with Gasteiger partial charge in [-0.1, -0.05) is 12.1 Å². The van der Waals surface area contributed by atoms with E-state index >= 15 is 0 Å². The number of carbonyl (C=O) groups is 1. The molecule has 1 fully saturated rings. The zero-order valence-electron chi connectivity index (χ0n) is 9.11. The van der Waals surface area contributed by atoms with E-state index in [0.717, 1.165) is 17.8 Å². The van der Waals surface area contributed by atoms with E-state index < -0.39 is 0 Å². The molecule has 86 valence electrons. The highest BCUT2D eigenvalue weighted by molar-refractivity contribution is 5.75. The highest BCUT2D eigenvalue weighted by atomic mass is 16.5. The van der Waals surface area contributed by atoms with Gasteiger partial charge in [0.15, 0.2) is 5.82 Å². The van der Waals surface area contributed by atoms with Gasteiger partial charge in [0.1, 0.15) is 12.6 Å². The zero-order valence-corrected chi connectivity index (χ0v) is 9.11. The molecule has 0 bridgehead atoms. The maximum Gasteiger partial charge on any atom is 0.158 e. The van der Waals surface area contributed by atoms with Gasteiger partial charge in [-0.3, -0.25) is 4.79 Å². The van der Waals surface area contributed by atoms with E-state index in [0.29, 0.717) is 24.7 Å². The maximum absolute atomic E-state index is 10.7. The Morgan fingerprint density at radius 1 is 1.41 bits per heavy atom. The van der Waals surface area contributed by atoms with Gasteiger partial charge in [0, 0.05) is 5.56 Å². The third-order valence-corrected chi connectivity index (χ3v) is 2.78. The lowest BCUT2D eigenvalue weighted by atomic mass is 10.1. The molecular weight excluding hydrogens is 218 g/mol. The standard InChI is InChI=1S/C12H11N3O2/c16-5-9-2-1-3-11(4-9)15-8-13-12(14-15)10-6-17-7-10/h1-5,8,10H,6-7H2. The van der Waals surface area contributed by atoms with E-state index in [1.807, 2.05) is 12.1 Å². The summed E-state index contributed by atoms with van der Waals surface area (Å²) in [6.45, 7) is 1.39. The molecule has 2 aromatic rings. The fourth-order valence-corrected chi connectivity index (χ4v) is 1.71. The molecule has 0 unspecified atom stereocenters. The van der Waals surface area contributed by atoms with Crippen LogP contribution in [0.4, 0.5) is 0 Å². The Bertz CT molecular complexity index is 546. The van der Waals surface area contributed by atoms with E-state index in [4.69, 9.17) is 4.74 Å². The number of nitrogens with zero attached hydrogens (tertiary/aromatic N) is 3. The van der Waals surface area contributed by atoms with Gasteiger partial charge in [0.25, 0.3) is 0 Å². The Morgan fingerprint density at radius 2 is 2.29 bits per heavy atom. The van der Waals surface area contributed by atoms with Crippen LogP contribution in [0, 0.1) is 0 Å². The number of hydrogen-bond acceptors (Lipinski definition) is 4. The summed E-state index contributed by atoms with van der Waals surface area (Å²) in [5.74, 6) is 1.11. The number of aldehydes is 1. The number of aromatic nitrogens is 3. The summed E-state index contributed by atoms with van der Waals surface area (Å²) in [5.41, 5.74) is 1.47. The van der Waals surface area contributed by atoms with Gasteiger partial charge < -0.3 is 4.74 Å². The minimum atomic E-state index is 0.311. The molecule has 17 heavy (non-hydrogen) atoms. The summed E-state index contributed by atoms with van der Waals surface area (Å²) in [6.07, 6.45) is 2.48. The Labute approximate surface area is 98.0 Å². The summed E-state index contributed by atoms with van der Waals surface area (Å²) >= 11 is 0. The van der Waals surface area contributed by atoms with Crippen LogP contribution in [-0.2, 0) is 4.74 Å². The second kappa shape index (κ2) is 4.10. The summed E-state index contributed by atoms with van der Waals surface area (Å²) in [5, 5.41) is 4.39. The van der Waals surface area contributed by atoms with Crippen molar-refractivity contribution in [3.63, 3.8) is 0 Å². The molecule has 0 saturated carbocycles. The molecule has 0 atom stereocenters. The summed E-state index contributed by atoms with van der Waals surface area (Å²) < 4.78 is 6.79. The average molecular weight is 229 g/mol. The van der Waals surface area contributed by atoms with E-state index in [9.17, 15) is 4.79 Å². The molecule has 2 heterocycles. The van der Waals surface area contributed by atoms with Crippen LogP contribution in [0.5, 0.6) is 0 Å². The number of ether oxygens (including phenoxy) is 1. The molecule has 1 saturated heterocycles. The lowest BCUT2D eigenvalue weighted by Gasteiger charge is -2.22. The number of carbonyl (C=O) groups excluding carboxylic acids is 1. The van der Waals surface area contributed by atoms with Crippen molar-refractivity contribution in [2.75, 3.05) is 13.2 Å². The third-order valence-electron chi connectivity index (χ3n) is 2.78. The first kappa shape index (κ1) is 10.2. The fraction of sp³-hybridized carbons (Fsp3) is 0.250. The van der Waals surface area contributed by atoms with Crippen molar-refractivity contribution in [3.05, 3.63) is 42.0 Å².